The summed E-state index contributed by atoms with van der Waals surface area (Å²) in [5, 5.41) is 9.41. The number of anilines is 1. The minimum Gasteiger partial charge on any atom is -0.492 e. The number of nitrogens with one attached hydrogen (secondary N) is 2. The molecule has 1 atom stereocenters. The monoisotopic (exact) mass is 526 g/mol. The molecule has 0 aliphatic rings. The molecular weight excluding hydrogens is 488 g/mol. The van der Waals surface area contributed by atoms with E-state index >= 15 is 0 Å². The van der Waals surface area contributed by atoms with Crippen molar-refractivity contribution in [3.05, 3.63) is 58.5 Å². The standard InChI is InChI=1S/C27H38N4O3SSi/c1-19(32)30-26-13-10-22(16-29-26)25(34-36(6,7)27(3,4)5)17-28-14-15-33-23-11-8-21(9-12-23)24-18-35-20(2)31-24/h8-13,16,18,25,28H,14-15,17H2,1-7H3,(H,29,30,32). The van der Waals surface area contributed by atoms with E-state index in [4.69, 9.17) is 9.16 Å². The average molecular weight is 527 g/mol. The van der Waals surface area contributed by atoms with Gasteiger partial charge >= 0.3 is 0 Å². The first-order chi connectivity index (χ1) is 16.9. The van der Waals surface area contributed by atoms with Gasteiger partial charge in [0, 0.05) is 37.2 Å². The van der Waals surface area contributed by atoms with Crippen molar-refractivity contribution in [2.24, 2.45) is 0 Å². The second kappa shape index (κ2) is 12.1. The van der Waals surface area contributed by atoms with Crippen LogP contribution in [0.25, 0.3) is 11.3 Å². The van der Waals surface area contributed by atoms with Crippen LogP contribution in [0.5, 0.6) is 5.75 Å². The lowest BCUT2D eigenvalue weighted by molar-refractivity contribution is -0.114. The third-order valence-electron chi connectivity index (χ3n) is 6.35. The summed E-state index contributed by atoms with van der Waals surface area (Å²) in [5.41, 5.74) is 3.07. The Morgan fingerprint density at radius 1 is 1.14 bits per heavy atom. The van der Waals surface area contributed by atoms with E-state index in [9.17, 15) is 4.79 Å². The number of amides is 1. The van der Waals surface area contributed by atoms with E-state index < -0.39 is 8.32 Å². The molecule has 36 heavy (non-hydrogen) atoms. The molecule has 1 unspecified atom stereocenters. The molecule has 0 bridgehead atoms. The summed E-state index contributed by atoms with van der Waals surface area (Å²) in [7, 11) is -2.02. The Morgan fingerprint density at radius 2 is 1.86 bits per heavy atom. The Hall–Kier alpha value is -2.59. The van der Waals surface area contributed by atoms with Gasteiger partial charge in [-0.25, -0.2) is 9.97 Å². The molecule has 9 heteroatoms. The minimum atomic E-state index is -2.02. The van der Waals surface area contributed by atoms with E-state index in [0.29, 0.717) is 25.5 Å². The second-order valence-electron chi connectivity index (χ2n) is 10.4. The third kappa shape index (κ3) is 7.96. The fourth-order valence-electron chi connectivity index (χ4n) is 3.30. The van der Waals surface area contributed by atoms with Crippen molar-refractivity contribution in [3.8, 4) is 17.0 Å². The van der Waals surface area contributed by atoms with Gasteiger partial charge < -0.3 is 19.8 Å². The number of carbonyl (C=O) groups is 1. The van der Waals surface area contributed by atoms with Crippen molar-refractivity contribution < 1.29 is 14.0 Å². The molecule has 2 heterocycles. The number of carbonyl (C=O) groups excluding carboxylic acids is 1. The Kier molecular flexibility index (Phi) is 9.40. The molecule has 0 saturated carbocycles. The van der Waals surface area contributed by atoms with Gasteiger partial charge in [0.15, 0.2) is 8.32 Å². The number of hydrogen-bond donors (Lipinski definition) is 2. The van der Waals surface area contributed by atoms with E-state index in [1.54, 1.807) is 17.5 Å². The number of nitrogens with zero attached hydrogens (tertiary/aromatic N) is 2. The quantitative estimate of drug-likeness (QED) is 0.228. The second-order valence-corrected chi connectivity index (χ2v) is 16.2. The fraction of sp³-hybridized carbons (Fsp3) is 0.444. The molecule has 2 aromatic heterocycles. The maximum Gasteiger partial charge on any atom is 0.222 e. The van der Waals surface area contributed by atoms with Crippen LogP contribution in [0.4, 0.5) is 5.82 Å². The number of aryl methyl sites for hydroxylation is 1. The largest absolute Gasteiger partial charge is 0.492 e. The third-order valence-corrected chi connectivity index (χ3v) is 11.6. The molecule has 7 nitrogen and oxygen atoms in total. The number of aromatic nitrogens is 2. The highest BCUT2D eigenvalue weighted by Gasteiger charge is 2.39. The van der Waals surface area contributed by atoms with Crippen LogP contribution >= 0.6 is 11.3 Å². The highest BCUT2D eigenvalue weighted by atomic mass is 32.1. The fourth-order valence-corrected chi connectivity index (χ4v) is 5.21. The Bertz CT molecular complexity index is 1130. The summed E-state index contributed by atoms with van der Waals surface area (Å²) < 4.78 is 12.7. The van der Waals surface area contributed by atoms with Crippen LogP contribution in [0.3, 0.4) is 0 Å². The average Bonchev–Trinajstić information content (AvgIpc) is 3.24. The maximum absolute atomic E-state index is 11.3. The first kappa shape index (κ1) is 28.0. The van der Waals surface area contributed by atoms with Gasteiger partial charge in [0.05, 0.1) is 16.8 Å². The van der Waals surface area contributed by atoms with Gasteiger partial charge in [0.25, 0.3) is 0 Å². The molecule has 0 aliphatic heterocycles. The van der Waals surface area contributed by atoms with Gasteiger partial charge in [0.2, 0.25) is 5.91 Å². The van der Waals surface area contributed by atoms with Crippen LogP contribution in [0.1, 0.15) is 44.4 Å². The lowest BCUT2D eigenvalue weighted by Gasteiger charge is -2.39. The van der Waals surface area contributed by atoms with Gasteiger partial charge in [0.1, 0.15) is 18.2 Å². The summed E-state index contributed by atoms with van der Waals surface area (Å²) >= 11 is 1.65. The molecule has 1 amide bonds. The van der Waals surface area contributed by atoms with Gasteiger partial charge in [-0.1, -0.05) is 26.8 Å². The van der Waals surface area contributed by atoms with E-state index in [0.717, 1.165) is 27.6 Å². The van der Waals surface area contributed by atoms with E-state index in [1.165, 1.54) is 6.92 Å². The molecule has 1 aromatic carbocycles. The molecule has 3 rings (SSSR count). The first-order valence-electron chi connectivity index (χ1n) is 12.2. The summed E-state index contributed by atoms with van der Waals surface area (Å²) in [4.78, 5) is 20.2. The predicted molar refractivity (Wildman–Crippen MR) is 150 cm³/mol. The van der Waals surface area contributed by atoms with Gasteiger partial charge in [-0.2, -0.15) is 0 Å². The molecule has 194 valence electrons. The van der Waals surface area contributed by atoms with Gasteiger partial charge in [-0.05, 0) is 61.0 Å². The number of rotatable bonds is 11. The van der Waals surface area contributed by atoms with Crippen molar-refractivity contribution >= 4 is 31.4 Å². The zero-order valence-electron chi connectivity index (χ0n) is 22.3. The lowest BCUT2D eigenvalue weighted by atomic mass is 10.1. The van der Waals surface area contributed by atoms with Crippen LogP contribution in [-0.2, 0) is 9.22 Å². The van der Waals surface area contributed by atoms with E-state index in [-0.39, 0.29) is 17.0 Å². The number of thiazole rings is 1. The molecule has 0 aliphatic carbocycles. The zero-order chi connectivity index (χ0) is 26.3. The Morgan fingerprint density at radius 3 is 2.42 bits per heavy atom. The Labute approximate surface area is 219 Å². The SMILES string of the molecule is CC(=O)Nc1ccc(C(CNCCOc2ccc(-c3csc(C)n3)cc2)O[Si](C)(C)C(C)(C)C)cn1. The van der Waals surface area contributed by atoms with Crippen molar-refractivity contribution in [1.29, 1.82) is 0 Å². The number of benzene rings is 1. The van der Waals surface area contributed by atoms with Crippen LogP contribution in [0, 0.1) is 6.92 Å². The molecule has 0 saturated heterocycles. The summed E-state index contributed by atoms with van der Waals surface area (Å²) in [6.45, 7) is 16.5. The zero-order valence-corrected chi connectivity index (χ0v) is 24.2. The smallest absolute Gasteiger partial charge is 0.222 e. The van der Waals surface area contributed by atoms with Crippen LogP contribution < -0.4 is 15.4 Å². The lowest BCUT2D eigenvalue weighted by Crippen LogP contribution is -2.43. The molecule has 0 radical (unpaired) electrons. The van der Waals surface area contributed by atoms with E-state index in [1.807, 2.05) is 43.3 Å². The van der Waals surface area contributed by atoms with Crippen molar-refractivity contribution in [2.45, 2.75) is 58.9 Å². The Balaban J connectivity index is 1.56. The summed E-state index contributed by atoms with van der Waals surface area (Å²) in [6, 6.07) is 11.8. The molecule has 0 fully saturated rings. The van der Waals surface area contributed by atoms with Crippen molar-refractivity contribution in [3.63, 3.8) is 0 Å². The van der Waals surface area contributed by atoms with Crippen LogP contribution in [0.2, 0.25) is 18.1 Å². The molecular formula is C27H38N4O3SSi. The van der Waals surface area contributed by atoms with Crippen molar-refractivity contribution in [2.75, 3.05) is 25.0 Å². The predicted octanol–water partition coefficient (Wildman–Crippen LogP) is 6.20. The minimum absolute atomic E-state index is 0.0846. The van der Waals surface area contributed by atoms with Crippen LogP contribution in [-0.4, -0.2) is 43.9 Å². The highest BCUT2D eigenvalue weighted by Crippen LogP contribution is 2.39. The normalized spacial score (nSPS) is 12.9. The topological polar surface area (TPSA) is 85.4 Å². The van der Waals surface area contributed by atoms with Crippen LogP contribution in [0.15, 0.2) is 48.0 Å². The molecule has 0 spiro atoms. The summed E-state index contributed by atoms with van der Waals surface area (Å²) in [5.74, 6) is 1.23. The summed E-state index contributed by atoms with van der Waals surface area (Å²) in [6.07, 6.45) is 1.64. The molecule has 3 aromatic rings. The first-order valence-corrected chi connectivity index (χ1v) is 16.0. The van der Waals surface area contributed by atoms with Gasteiger partial charge in [-0.15, -0.1) is 11.3 Å². The highest BCUT2D eigenvalue weighted by molar-refractivity contribution is 7.09. The van der Waals surface area contributed by atoms with Crippen molar-refractivity contribution in [1.82, 2.24) is 15.3 Å². The number of pyridine rings is 1. The molecule has 2 N–H and O–H groups in total. The van der Waals surface area contributed by atoms with Gasteiger partial charge in [-0.3, -0.25) is 4.79 Å². The van der Waals surface area contributed by atoms with E-state index in [2.05, 4.69) is 59.8 Å². The number of ether oxygens (including phenoxy) is 1. The number of hydrogen-bond acceptors (Lipinski definition) is 7. The maximum atomic E-state index is 11.3.